The number of unbranched alkanes of at least 4 members (excludes halogenated alkanes) is 1. The van der Waals surface area contributed by atoms with Gasteiger partial charge in [0.2, 0.25) is 5.88 Å². The standard InChI is InChI=1S/C20H21F2N5O3/c1-30-17-10-16(26-27(17)12-13-6-2-3-7-14(13)21)20-24-11-15(22)19(25-20)23-9-5-4-8-18(28)29/h2-3,6-7,10-11H,4-5,8-9,12H2,1H3,(H,28,29)(H,23,24,25). The second kappa shape index (κ2) is 9.77. The molecule has 0 radical (unpaired) electrons. The Labute approximate surface area is 171 Å². The van der Waals surface area contributed by atoms with Crippen LogP contribution in [0.15, 0.2) is 36.5 Å². The van der Waals surface area contributed by atoms with Crippen molar-refractivity contribution >= 4 is 11.8 Å². The first-order valence-electron chi connectivity index (χ1n) is 9.31. The number of nitrogens with zero attached hydrogens (tertiary/aromatic N) is 4. The molecule has 0 spiro atoms. The third-order valence-corrected chi connectivity index (χ3v) is 4.31. The summed E-state index contributed by atoms with van der Waals surface area (Å²) in [5.74, 6) is -1.30. The van der Waals surface area contributed by atoms with Crippen LogP contribution >= 0.6 is 0 Å². The van der Waals surface area contributed by atoms with E-state index < -0.39 is 11.8 Å². The molecule has 0 aliphatic heterocycles. The molecule has 0 aliphatic carbocycles. The Kier molecular flexibility index (Phi) is 6.89. The summed E-state index contributed by atoms with van der Waals surface area (Å²) in [6, 6.07) is 7.94. The van der Waals surface area contributed by atoms with Crippen molar-refractivity contribution in [3.8, 4) is 17.4 Å². The van der Waals surface area contributed by atoms with Crippen molar-refractivity contribution in [3.05, 3.63) is 53.7 Å². The molecule has 0 fully saturated rings. The van der Waals surface area contributed by atoms with E-state index in [1.165, 1.54) is 17.9 Å². The molecule has 0 atom stereocenters. The highest BCUT2D eigenvalue weighted by Gasteiger charge is 2.16. The summed E-state index contributed by atoms with van der Waals surface area (Å²) >= 11 is 0. The Hall–Kier alpha value is -3.56. The Bertz CT molecular complexity index is 1030. The molecule has 0 bridgehead atoms. The Balaban J connectivity index is 1.76. The van der Waals surface area contributed by atoms with Crippen molar-refractivity contribution in [1.29, 1.82) is 0 Å². The number of aromatic nitrogens is 4. The summed E-state index contributed by atoms with van der Waals surface area (Å²) in [5, 5.41) is 15.9. The minimum Gasteiger partial charge on any atom is -0.481 e. The van der Waals surface area contributed by atoms with Crippen LogP contribution in [0.3, 0.4) is 0 Å². The molecule has 0 saturated heterocycles. The maximum atomic E-state index is 14.0. The molecule has 8 nitrogen and oxygen atoms in total. The number of hydrogen-bond donors (Lipinski definition) is 2. The van der Waals surface area contributed by atoms with Crippen molar-refractivity contribution in [2.45, 2.75) is 25.8 Å². The van der Waals surface area contributed by atoms with Gasteiger partial charge in [-0.15, -0.1) is 0 Å². The zero-order chi connectivity index (χ0) is 21.5. The van der Waals surface area contributed by atoms with Crippen LogP contribution in [0.1, 0.15) is 24.8 Å². The van der Waals surface area contributed by atoms with Crippen LogP contribution < -0.4 is 10.1 Å². The lowest BCUT2D eigenvalue weighted by Gasteiger charge is -2.07. The molecule has 1 aromatic carbocycles. The number of benzene rings is 1. The minimum atomic E-state index is -0.870. The summed E-state index contributed by atoms with van der Waals surface area (Å²) in [6.45, 7) is 0.511. The average molecular weight is 417 g/mol. The molecule has 0 amide bonds. The van der Waals surface area contributed by atoms with E-state index in [1.54, 1.807) is 24.3 Å². The van der Waals surface area contributed by atoms with Crippen LogP contribution in [0.25, 0.3) is 11.5 Å². The van der Waals surface area contributed by atoms with Gasteiger partial charge < -0.3 is 15.2 Å². The number of anilines is 1. The van der Waals surface area contributed by atoms with Gasteiger partial charge in [0.1, 0.15) is 11.5 Å². The maximum Gasteiger partial charge on any atom is 0.303 e. The summed E-state index contributed by atoms with van der Waals surface area (Å²) in [5.41, 5.74) is 0.784. The van der Waals surface area contributed by atoms with E-state index >= 15 is 0 Å². The molecule has 3 aromatic rings. The first-order chi connectivity index (χ1) is 14.5. The van der Waals surface area contributed by atoms with Crippen molar-refractivity contribution in [2.24, 2.45) is 0 Å². The van der Waals surface area contributed by atoms with Gasteiger partial charge in [-0.3, -0.25) is 4.79 Å². The molecule has 2 N–H and O–H groups in total. The summed E-state index contributed by atoms with van der Waals surface area (Å²) < 4.78 is 34.8. The smallest absolute Gasteiger partial charge is 0.303 e. The van der Waals surface area contributed by atoms with E-state index in [9.17, 15) is 13.6 Å². The zero-order valence-corrected chi connectivity index (χ0v) is 16.3. The minimum absolute atomic E-state index is 0.00190. The number of halogens is 2. The lowest BCUT2D eigenvalue weighted by molar-refractivity contribution is -0.137. The molecule has 3 rings (SSSR count). The second-order valence-electron chi connectivity index (χ2n) is 6.49. The molecule has 0 unspecified atom stereocenters. The Morgan fingerprint density at radius 1 is 1.23 bits per heavy atom. The van der Waals surface area contributed by atoms with E-state index in [1.807, 2.05) is 0 Å². The van der Waals surface area contributed by atoms with Crippen molar-refractivity contribution < 1.29 is 23.4 Å². The third kappa shape index (κ3) is 5.28. The molecule has 158 valence electrons. The van der Waals surface area contributed by atoms with E-state index in [4.69, 9.17) is 9.84 Å². The van der Waals surface area contributed by atoms with Gasteiger partial charge in [0, 0.05) is 24.6 Å². The van der Waals surface area contributed by atoms with E-state index in [-0.39, 0.29) is 30.4 Å². The van der Waals surface area contributed by atoms with Gasteiger partial charge in [-0.1, -0.05) is 18.2 Å². The molecule has 2 aromatic heterocycles. The fourth-order valence-electron chi connectivity index (χ4n) is 2.80. The molecule has 0 aliphatic rings. The molecule has 10 heteroatoms. The fraction of sp³-hybridized carbons (Fsp3) is 0.300. The van der Waals surface area contributed by atoms with E-state index in [0.717, 1.165) is 6.20 Å². The van der Waals surface area contributed by atoms with Crippen molar-refractivity contribution in [1.82, 2.24) is 19.7 Å². The number of methoxy groups -OCH3 is 1. The van der Waals surface area contributed by atoms with Crippen LogP contribution in [0.2, 0.25) is 0 Å². The normalized spacial score (nSPS) is 10.8. The van der Waals surface area contributed by atoms with Gasteiger partial charge in [0.15, 0.2) is 17.5 Å². The highest BCUT2D eigenvalue weighted by atomic mass is 19.1. The number of nitrogens with one attached hydrogen (secondary N) is 1. The Morgan fingerprint density at radius 3 is 2.77 bits per heavy atom. The number of rotatable bonds is 10. The first kappa shape index (κ1) is 21.2. The lowest BCUT2D eigenvalue weighted by Crippen LogP contribution is -2.08. The van der Waals surface area contributed by atoms with Crippen LogP contribution in [0, 0.1) is 11.6 Å². The number of carbonyl (C=O) groups is 1. The third-order valence-electron chi connectivity index (χ3n) is 4.31. The average Bonchev–Trinajstić information content (AvgIpc) is 3.13. The summed E-state index contributed by atoms with van der Waals surface area (Å²) in [4.78, 5) is 18.7. The quantitative estimate of drug-likeness (QED) is 0.488. The fourth-order valence-corrected chi connectivity index (χ4v) is 2.80. The predicted octanol–water partition coefficient (Wildman–Crippen LogP) is 3.34. The number of hydrogen-bond acceptors (Lipinski definition) is 6. The molecule has 0 saturated carbocycles. The highest BCUT2D eigenvalue weighted by Crippen LogP contribution is 2.24. The van der Waals surface area contributed by atoms with Gasteiger partial charge in [-0.2, -0.15) is 5.10 Å². The molecule has 2 heterocycles. The van der Waals surface area contributed by atoms with Crippen molar-refractivity contribution in [3.63, 3.8) is 0 Å². The maximum absolute atomic E-state index is 14.0. The first-order valence-corrected chi connectivity index (χ1v) is 9.31. The summed E-state index contributed by atoms with van der Waals surface area (Å²) in [6.07, 6.45) is 2.11. The van der Waals surface area contributed by atoms with Gasteiger partial charge in [0.25, 0.3) is 0 Å². The SMILES string of the molecule is COc1cc(-c2ncc(F)c(NCCCCC(=O)O)n2)nn1Cc1ccccc1F. The molecule has 30 heavy (non-hydrogen) atoms. The highest BCUT2D eigenvalue weighted by molar-refractivity contribution is 5.66. The van der Waals surface area contributed by atoms with Crippen LogP contribution in [-0.2, 0) is 11.3 Å². The van der Waals surface area contributed by atoms with Gasteiger partial charge in [-0.05, 0) is 18.9 Å². The Morgan fingerprint density at radius 2 is 2.03 bits per heavy atom. The van der Waals surface area contributed by atoms with E-state index in [0.29, 0.717) is 36.5 Å². The second-order valence-corrected chi connectivity index (χ2v) is 6.49. The molecular weight excluding hydrogens is 396 g/mol. The topological polar surface area (TPSA) is 102 Å². The van der Waals surface area contributed by atoms with Crippen LogP contribution in [0.5, 0.6) is 5.88 Å². The van der Waals surface area contributed by atoms with Gasteiger partial charge in [0.05, 0.1) is 19.9 Å². The van der Waals surface area contributed by atoms with Crippen molar-refractivity contribution in [2.75, 3.05) is 19.0 Å². The number of ether oxygens (including phenoxy) is 1. The van der Waals surface area contributed by atoms with Crippen LogP contribution in [0.4, 0.5) is 14.6 Å². The number of aliphatic carboxylic acids is 1. The number of carboxylic acids is 1. The largest absolute Gasteiger partial charge is 0.481 e. The van der Waals surface area contributed by atoms with Crippen LogP contribution in [-0.4, -0.2) is 44.5 Å². The molecular formula is C20H21F2N5O3. The van der Waals surface area contributed by atoms with Gasteiger partial charge in [-0.25, -0.2) is 23.4 Å². The lowest BCUT2D eigenvalue weighted by atomic mass is 10.2. The van der Waals surface area contributed by atoms with Gasteiger partial charge >= 0.3 is 5.97 Å². The number of carboxylic acid groups (broad SMARTS) is 1. The zero-order valence-electron chi connectivity index (χ0n) is 16.3. The monoisotopic (exact) mass is 417 g/mol. The predicted molar refractivity (Wildman–Crippen MR) is 105 cm³/mol. The van der Waals surface area contributed by atoms with E-state index in [2.05, 4.69) is 20.4 Å². The summed E-state index contributed by atoms with van der Waals surface area (Å²) in [7, 11) is 1.47.